The van der Waals surface area contributed by atoms with Crippen molar-refractivity contribution in [3.8, 4) is 11.5 Å². The number of hydrogen-bond donors (Lipinski definition) is 1. The van der Waals surface area contributed by atoms with Gasteiger partial charge in [0.2, 0.25) is 11.8 Å². The molecule has 0 aromatic heterocycles. The van der Waals surface area contributed by atoms with Crippen LogP contribution in [0.25, 0.3) is 0 Å². The molecule has 0 saturated carbocycles. The molecule has 2 amide bonds. The minimum atomic E-state index is -4.56. The Labute approximate surface area is 202 Å². The van der Waals surface area contributed by atoms with Crippen LogP contribution < -0.4 is 14.8 Å². The van der Waals surface area contributed by atoms with E-state index in [0.717, 1.165) is 12.1 Å². The van der Waals surface area contributed by atoms with Gasteiger partial charge in [-0.05, 0) is 43.2 Å². The molecule has 1 heterocycles. The van der Waals surface area contributed by atoms with E-state index in [1.807, 2.05) is 30.3 Å². The molecule has 1 saturated heterocycles. The van der Waals surface area contributed by atoms with Gasteiger partial charge in [-0.15, -0.1) is 0 Å². The van der Waals surface area contributed by atoms with Crippen LogP contribution in [0, 0.1) is 5.92 Å². The maximum Gasteiger partial charge on any atom is 0.416 e. The van der Waals surface area contributed by atoms with Crippen LogP contribution in [0.2, 0.25) is 0 Å². The van der Waals surface area contributed by atoms with Crippen LogP contribution in [-0.4, -0.2) is 56.7 Å². The minimum Gasteiger partial charge on any atom is -0.493 e. The highest BCUT2D eigenvalue weighted by Crippen LogP contribution is 2.35. The molecule has 0 atom stereocenters. The second kappa shape index (κ2) is 12.4. The summed E-state index contributed by atoms with van der Waals surface area (Å²) >= 11 is 0. The zero-order chi connectivity index (χ0) is 25.3. The summed E-state index contributed by atoms with van der Waals surface area (Å²) in [7, 11) is 1.48. The average molecular weight is 495 g/mol. The van der Waals surface area contributed by atoms with Crippen molar-refractivity contribution in [2.24, 2.45) is 5.92 Å². The Morgan fingerprint density at radius 1 is 1.00 bits per heavy atom. The second-order valence-electron chi connectivity index (χ2n) is 8.11. The Balaban J connectivity index is 1.52. The van der Waals surface area contributed by atoms with Gasteiger partial charge in [0.05, 0.1) is 30.9 Å². The number of carbonyl (C=O) groups is 2. The Hall–Kier alpha value is -3.27. The van der Waals surface area contributed by atoms with Crippen LogP contribution in [-0.2, 0) is 20.5 Å². The van der Waals surface area contributed by atoms with E-state index in [0.29, 0.717) is 31.7 Å². The fraction of sp³-hybridized carbons (Fsp3) is 0.440. The molecule has 0 aliphatic carbocycles. The van der Waals surface area contributed by atoms with Crippen LogP contribution in [0.4, 0.5) is 18.9 Å². The first-order chi connectivity index (χ1) is 16.8. The third-order valence-corrected chi connectivity index (χ3v) is 5.66. The number of methoxy groups -OCH3 is 1. The largest absolute Gasteiger partial charge is 0.493 e. The van der Waals surface area contributed by atoms with E-state index in [4.69, 9.17) is 14.2 Å². The van der Waals surface area contributed by atoms with Crippen molar-refractivity contribution in [3.63, 3.8) is 0 Å². The van der Waals surface area contributed by atoms with E-state index in [9.17, 15) is 22.8 Å². The first-order valence-corrected chi connectivity index (χ1v) is 11.4. The van der Waals surface area contributed by atoms with Gasteiger partial charge in [0.25, 0.3) is 0 Å². The predicted molar refractivity (Wildman–Crippen MR) is 123 cm³/mol. The van der Waals surface area contributed by atoms with Crippen molar-refractivity contribution in [1.29, 1.82) is 0 Å². The molecule has 10 heteroatoms. The summed E-state index contributed by atoms with van der Waals surface area (Å²) in [4.78, 5) is 27.0. The summed E-state index contributed by atoms with van der Waals surface area (Å²) in [6, 6.07) is 12.2. The van der Waals surface area contributed by atoms with Gasteiger partial charge < -0.3 is 24.4 Å². The van der Waals surface area contributed by atoms with E-state index >= 15 is 0 Å². The van der Waals surface area contributed by atoms with Gasteiger partial charge in [-0.2, -0.15) is 13.2 Å². The first-order valence-electron chi connectivity index (χ1n) is 11.4. The number of ether oxygens (including phenoxy) is 3. The van der Waals surface area contributed by atoms with Gasteiger partial charge in [-0.3, -0.25) is 9.59 Å². The quantitative estimate of drug-likeness (QED) is 0.496. The van der Waals surface area contributed by atoms with Crippen molar-refractivity contribution in [2.75, 3.05) is 45.3 Å². The number of rotatable bonds is 10. The zero-order valence-electron chi connectivity index (χ0n) is 19.5. The fourth-order valence-corrected chi connectivity index (χ4v) is 3.72. The summed E-state index contributed by atoms with van der Waals surface area (Å²) in [6.45, 7) is 1.41. The minimum absolute atomic E-state index is 0.0440. The SMILES string of the molecule is COCCOc1ccc(C(F)(F)F)cc1NC(=O)C1CCN(C(=O)CCOc2ccccc2)CC1. The smallest absolute Gasteiger partial charge is 0.416 e. The van der Waals surface area contributed by atoms with Crippen LogP contribution in [0.5, 0.6) is 11.5 Å². The second-order valence-corrected chi connectivity index (χ2v) is 8.11. The van der Waals surface area contributed by atoms with Gasteiger partial charge in [-0.1, -0.05) is 18.2 Å². The number of likely N-dealkylation sites (tertiary alicyclic amines) is 1. The average Bonchev–Trinajstić information content (AvgIpc) is 2.85. The number of alkyl halides is 3. The molecule has 0 unspecified atom stereocenters. The molecule has 2 aromatic rings. The molecular formula is C25H29F3N2O5. The van der Waals surface area contributed by atoms with Gasteiger partial charge in [-0.25, -0.2) is 0 Å². The molecular weight excluding hydrogens is 465 g/mol. The predicted octanol–water partition coefficient (Wildman–Crippen LogP) is 4.38. The van der Waals surface area contributed by atoms with Crippen molar-refractivity contribution in [3.05, 3.63) is 54.1 Å². The Morgan fingerprint density at radius 2 is 1.71 bits per heavy atom. The number of nitrogens with zero attached hydrogens (tertiary/aromatic N) is 1. The maximum atomic E-state index is 13.2. The molecule has 2 aromatic carbocycles. The standard InChI is InChI=1S/C25H29F3N2O5/c1-33-15-16-35-22-8-7-19(25(26,27)28)17-21(22)29-24(32)18-9-12-30(13-10-18)23(31)11-14-34-20-5-3-2-4-6-20/h2-8,17-18H,9-16H2,1H3,(H,29,32). The fourth-order valence-electron chi connectivity index (χ4n) is 3.72. The number of para-hydroxylation sites is 1. The lowest BCUT2D eigenvalue weighted by atomic mass is 9.95. The number of piperidine rings is 1. The van der Waals surface area contributed by atoms with Gasteiger partial charge >= 0.3 is 6.18 Å². The van der Waals surface area contributed by atoms with Crippen molar-refractivity contribution < 1.29 is 37.0 Å². The molecule has 0 bridgehead atoms. The van der Waals surface area contributed by atoms with Crippen LogP contribution in [0.15, 0.2) is 48.5 Å². The number of anilines is 1. The van der Waals surface area contributed by atoms with E-state index < -0.39 is 23.6 Å². The molecule has 7 nitrogen and oxygen atoms in total. The Bertz CT molecular complexity index is 977. The topological polar surface area (TPSA) is 77.1 Å². The van der Waals surface area contributed by atoms with Crippen LogP contribution in [0.1, 0.15) is 24.8 Å². The lowest BCUT2D eigenvalue weighted by Crippen LogP contribution is -2.41. The molecule has 1 aliphatic heterocycles. The number of hydrogen-bond acceptors (Lipinski definition) is 5. The number of halogens is 3. The lowest BCUT2D eigenvalue weighted by molar-refractivity contribution is -0.137. The van der Waals surface area contributed by atoms with Crippen molar-refractivity contribution in [2.45, 2.75) is 25.4 Å². The summed E-state index contributed by atoms with van der Waals surface area (Å²) in [6.07, 6.45) is -3.51. The third-order valence-electron chi connectivity index (χ3n) is 5.66. The summed E-state index contributed by atoms with van der Waals surface area (Å²) in [5.74, 6) is -0.0711. The van der Waals surface area contributed by atoms with Gasteiger partial charge in [0.15, 0.2) is 0 Å². The van der Waals surface area contributed by atoms with Crippen molar-refractivity contribution in [1.82, 2.24) is 4.90 Å². The van der Waals surface area contributed by atoms with E-state index in [1.54, 1.807) is 4.90 Å². The molecule has 3 rings (SSSR count). The summed E-state index contributed by atoms with van der Waals surface area (Å²) < 4.78 is 55.5. The van der Waals surface area contributed by atoms with E-state index in [1.165, 1.54) is 13.2 Å². The lowest BCUT2D eigenvalue weighted by Gasteiger charge is -2.31. The number of benzene rings is 2. The van der Waals surface area contributed by atoms with Crippen molar-refractivity contribution >= 4 is 17.5 Å². The molecule has 0 spiro atoms. The summed E-state index contributed by atoms with van der Waals surface area (Å²) in [5.41, 5.74) is -0.928. The molecule has 35 heavy (non-hydrogen) atoms. The van der Waals surface area contributed by atoms with E-state index in [2.05, 4.69) is 5.32 Å². The number of nitrogens with one attached hydrogen (secondary N) is 1. The molecule has 1 N–H and O–H groups in total. The number of carbonyl (C=O) groups excluding carboxylic acids is 2. The highest BCUT2D eigenvalue weighted by atomic mass is 19.4. The molecule has 0 radical (unpaired) electrons. The third kappa shape index (κ3) is 7.88. The van der Waals surface area contributed by atoms with E-state index in [-0.39, 0.29) is 43.6 Å². The Morgan fingerprint density at radius 3 is 2.37 bits per heavy atom. The first kappa shape index (κ1) is 26.3. The van der Waals surface area contributed by atoms with Crippen LogP contribution in [0.3, 0.4) is 0 Å². The highest BCUT2D eigenvalue weighted by molar-refractivity contribution is 5.94. The Kier molecular flexibility index (Phi) is 9.36. The zero-order valence-corrected chi connectivity index (χ0v) is 19.5. The molecule has 1 aliphatic rings. The van der Waals surface area contributed by atoms with Crippen LogP contribution >= 0.6 is 0 Å². The molecule has 1 fully saturated rings. The maximum absolute atomic E-state index is 13.2. The number of amides is 2. The normalized spacial score (nSPS) is 14.5. The summed E-state index contributed by atoms with van der Waals surface area (Å²) in [5, 5.41) is 2.59. The monoisotopic (exact) mass is 494 g/mol. The highest BCUT2D eigenvalue weighted by Gasteiger charge is 2.32. The van der Waals surface area contributed by atoms with Gasteiger partial charge in [0, 0.05) is 26.1 Å². The van der Waals surface area contributed by atoms with Gasteiger partial charge in [0.1, 0.15) is 18.1 Å². The molecule has 190 valence electrons.